The van der Waals surface area contributed by atoms with E-state index < -0.39 is 12.1 Å². The van der Waals surface area contributed by atoms with Gasteiger partial charge in [-0.1, -0.05) is 41.9 Å². The van der Waals surface area contributed by atoms with Crippen LogP contribution in [-0.4, -0.2) is 11.8 Å². The Kier molecular flexibility index (Phi) is 7.01. The average molecular weight is 431 g/mol. The summed E-state index contributed by atoms with van der Waals surface area (Å²) in [5.74, 6) is -0.800. The number of benzene rings is 2. The van der Waals surface area contributed by atoms with E-state index >= 15 is 0 Å². The molecular weight excluding hydrogens is 411 g/mol. The first-order valence-electron chi connectivity index (χ1n) is 9.03. The fourth-order valence-electron chi connectivity index (χ4n) is 3.03. The Balaban J connectivity index is 1.79. The van der Waals surface area contributed by atoms with Gasteiger partial charge in [0.05, 0.1) is 18.5 Å². The van der Waals surface area contributed by atoms with Crippen molar-refractivity contribution in [2.24, 2.45) is 0 Å². The normalized spacial score (nSPS) is 12.8. The molecule has 2 amide bonds. The molecular formula is C22H20ClFN2O2S. The lowest BCUT2D eigenvalue weighted by Gasteiger charge is -2.22. The largest absolute Gasteiger partial charge is 0.349 e. The second-order valence-electron chi connectivity index (χ2n) is 6.58. The van der Waals surface area contributed by atoms with Crippen molar-refractivity contribution in [3.63, 3.8) is 0 Å². The smallest absolute Gasteiger partial charge is 0.223 e. The number of amides is 2. The maximum atomic E-state index is 13.3. The van der Waals surface area contributed by atoms with Crippen LogP contribution in [0.1, 0.15) is 41.4 Å². The molecule has 1 aromatic heterocycles. The first-order valence-corrected chi connectivity index (χ1v) is 10.3. The van der Waals surface area contributed by atoms with Crippen molar-refractivity contribution in [2.45, 2.75) is 25.4 Å². The summed E-state index contributed by atoms with van der Waals surface area (Å²) in [6, 6.07) is 16.0. The molecule has 150 valence electrons. The van der Waals surface area contributed by atoms with Crippen molar-refractivity contribution in [3.05, 3.63) is 92.9 Å². The minimum atomic E-state index is -0.484. The number of rotatable bonds is 7. The molecule has 3 rings (SSSR count). The highest BCUT2D eigenvalue weighted by Crippen LogP contribution is 2.27. The van der Waals surface area contributed by atoms with E-state index in [2.05, 4.69) is 10.6 Å². The van der Waals surface area contributed by atoms with E-state index in [0.717, 1.165) is 16.0 Å². The second kappa shape index (κ2) is 9.67. The van der Waals surface area contributed by atoms with Crippen LogP contribution in [0.25, 0.3) is 0 Å². The number of halogens is 2. The molecule has 2 aromatic carbocycles. The lowest BCUT2D eigenvalue weighted by Crippen LogP contribution is -2.34. The predicted molar refractivity (Wildman–Crippen MR) is 113 cm³/mol. The molecule has 29 heavy (non-hydrogen) atoms. The summed E-state index contributed by atoms with van der Waals surface area (Å²) < 4.78 is 13.3. The van der Waals surface area contributed by atoms with Crippen LogP contribution in [0.15, 0.2) is 66.0 Å². The summed E-state index contributed by atoms with van der Waals surface area (Å²) in [5, 5.41) is 8.32. The van der Waals surface area contributed by atoms with Gasteiger partial charge in [0.25, 0.3) is 0 Å². The third kappa shape index (κ3) is 5.89. The average Bonchev–Trinajstić information content (AvgIpc) is 3.21. The van der Waals surface area contributed by atoms with Gasteiger partial charge in [-0.3, -0.25) is 9.59 Å². The van der Waals surface area contributed by atoms with E-state index in [0.29, 0.717) is 5.02 Å². The minimum Gasteiger partial charge on any atom is -0.349 e. The van der Waals surface area contributed by atoms with E-state index in [1.54, 1.807) is 36.4 Å². The summed E-state index contributed by atoms with van der Waals surface area (Å²) in [5.41, 5.74) is 1.57. The first-order chi connectivity index (χ1) is 13.9. The lowest BCUT2D eigenvalue weighted by molar-refractivity contribution is -0.123. The zero-order chi connectivity index (χ0) is 20.8. The highest BCUT2D eigenvalue weighted by molar-refractivity contribution is 7.10. The highest BCUT2D eigenvalue weighted by Gasteiger charge is 2.22. The van der Waals surface area contributed by atoms with Crippen LogP contribution < -0.4 is 10.6 Å². The summed E-state index contributed by atoms with van der Waals surface area (Å²) in [7, 11) is 0. The Morgan fingerprint density at radius 2 is 1.66 bits per heavy atom. The molecule has 0 bridgehead atoms. The number of hydrogen-bond acceptors (Lipinski definition) is 3. The maximum Gasteiger partial charge on any atom is 0.223 e. The standard InChI is InChI=1S/C22H20ClFN2O2S/c1-14(27)25-19(15-4-8-17(23)9-5-15)13-21(28)26-22(20-3-2-12-29-20)16-6-10-18(24)11-7-16/h2-12,19,22H,13H2,1H3,(H,25,27)(H,26,28). The van der Waals surface area contributed by atoms with Gasteiger partial charge < -0.3 is 10.6 Å². The molecule has 3 aromatic rings. The van der Waals surface area contributed by atoms with Crippen LogP contribution in [0.4, 0.5) is 4.39 Å². The van der Waals surface area contributed by atoms with Gasteiger partial charge in [-0.2, -0.15) is 0 Å². The topological polar surface area (TPSA) is 58.2 Å². The fraction of sp³-hybridized carbons (Fsp3) is 0.182. The highest BCUT2D eigenvalue weighted by atomic mass is 35.5. The Morgan fingerprint density at radius 1 is 1.00 bits per heavy atom. The zero-order valence-electron chi connectivity index (χ0n) is 15.7. The quantitative estimate of drug-likeness (QED) is 0.553. The summed E-state index contributed by atoms with van der Waals surface area (Å²) in [6.45, 7) is 1.41. The number of hydrogen-bond donors (Lipinski definition) is 2. The molecule has 0 aliphatic carbocycles. The molecule has 0 radical (unpaired) electrons. The van der Waals surface area contributed by atoms with Gasteiger partial charge >= 0.3 is 0 Å². The van der Waals surface area contributed by atoms with E-state index in [1.807, 2.05) is 17.5 Å². The molecule has 0 saturated carbocycles. The van der Waals surface area contributed by atoms with Crippen LogP contribution in [0.2, 0.25) is 5.02 Å². The molecule has 2 N–H and O–H groups in total. The van der Waals surface area contributed by atoms with Crippen molar-refractivity contribution >= 4 is 34.8 Å². The number of carbonyl (C=O) groups excluding carboxylic acids is 2. The predicted octanol–water partition coefficient (Wildman–Crippen LogP) is 5.01. The van der Waals surface area contributed by atoms with E-state index in [9.17, 15) is 14.0 Å². The SMILES string of the molecule is CC(=O)NC(CC(=O)NC(c1ccc(F)cc1)c1cccs1)c1ccc(Cl)cc1. The van der Waals surface area contributed by atoms with Crippen molar-refractivity contribution in [1.82, 2.24) is 10.6 Å². The number of thiophene rings is 1. The molecule has 0 saturated heterocycles. The van der Waals surface area contributed by atoms with E-state index in [-0.39, 0.29) is 24.1 Å². The zero-order valence-corrected chi connectivity index (χ0v) is 17.3. The van der Waals surface area contributed by atoms with Crippen LogP contribution in [0.5, 0.6) is 0 Å². The Morgan fingerprint density at radius 3 is 2.24 bits per heavy atom. The fourth-order valence-corrected chi connectivity index (χ4v) is 3.96. The maximum absolute atomic E-state index is 13.3. The van der Waals surface area contributed by atoms with Gasteiger partial charge in [0.2, 0.25) is 11.8 Å². The molecule has 1 heterocycles. The minimum absolute atomic E-state index is 0.0598. The molecule has 2 unspecified atom stereocenters. The van der Waals surface area contributed by atoms with Gasteiger partial charge in [0.1, 0.15) is 5.82 Å². The van der Waals surface area contributed by atoms with Gasteiger partial charge in [-0.15, -0.1) is 11.3 Å². The number of carbonyl (C=O) groups is 2. The van der Waals surface area contributed by atoms with Crippen molar-refractivity contribution in [3.8, 4) is 0 Å². The molecule has 7 heteroatoms. The molecule has 0 spiro atoms. The van der Waals surface area contributed by atoms with Crippen molar-refractivity contribution in [1.29, 1.82) is 0 Å². The van der Waals surface area contributed by atoms with Crippen LogP contribution in [0, 0.1) is 5.82 Å². The monoisotopic (exact) mass is 430 g/mol. The Bertz CT molecular complexity index is 959. The Hall–Kier alpha value is -2.70. The first kappa shape index (κ1) is 21.0. The van der Waals surface area contributed by atoms with Gasteiger partial charge in [0, 0.05) is 16.8 Å². The Labute approximate surface area is 177 Å². The second-order valence-corrected chi connectivity index (χ2v) is 7.99. The molecule has 0 aliphatic rings. The van der Waals surface area contributed by atoms with Gasteiger partial charge in [-0.25, -0.2) is 4.39 Å². The van der Waals surface area contributed by atoms with Crippen LogP contribution in [-0.2, 0) is 9.59 Å². The summed E-state index contributed by atoms with van der Waals surface area (Å²) >= 11 is 7.45. The molecule has 0 aliphatic heterocycles. The number of nitrogens with one attached hydrogen (secondary N) is 2. The van der Waals surface area contributed by atoms with Gasteiger partial charge in [-0.05, 0) is 46.8 Å². The molecule has 4 nitrogen and oxygen atoms in total. The lowest BCUT2D eigenvalue weighted by atomic mass is 10.0. The van der Waals surface area contributed by atoms with Crippen LogP contribution >= 0.6 is 22.9 Å². The third-order valence-electron chi connectivity index (χ3n) is 4.38. The molecule has 0 fully saturated rings. The summed E-state index contributed by atoms with van der Waals surface area (Å²) in [4.78, 5) is 25.4. The van der Waals surface area contributed by atoms with Gasteiger partial charge in [0.15, 0.2) is 0 Å². The van der Waals surface area contributed by atoms with Crippen LogP contribution in [0.3, 0.4) is 0 Å². The summed E-state index contributed by atoms with van der Waals surface area (Å²) in [6.07, 6.45) is 0.0598. The third-order valence-corrected chi connectivity index (χ3v) is 5.56. The molecule has 2 atom stereocenters. The van der Waals surface area contributed by atoms with Crippen molar-refractivity contribution in [2.75, 3.05) is 0 Å². The van der Waals surface area contributed by atoms with E-state index in [4.69, 9.17) is 11.6 Å². The van der Waals surface area contributed by atoms with Crippen molar-refractivity contribution < 1.29 is 14.0 Å². The van der Waals surface area contributed by atoms with E-state index in [1.165, 1.54) is 30.4 Å².